The summed E-state index contributed by atoms with van der Waals surface area (Å²) in [7, 11) is 0. The molecule has 0 aliphatic rings. The van der Waals surface area contributed by atoms with Crippen molar-refractivity contribution >= 4 is 5.91 Å². The lowest BCUT2D eigenvalue weighted by Gasteiger charge is -2.01. The van der Waals surface area contributed by atoms with Crippen LogP contribution in [0, 0.1) is 12.9 Å². The van der Waals surface area contributed by atoms with E-state index in [9.17, 15) is 9.18 Å². The maximum absolute atomic E-state index is 12.8. The first kappa shape index (κ1) is 11.3. The minimum absolute atomic E-state index is 0.0326. The maximum atomic E-state index is 12.8. The summed E-state index contributed by atoms with van der Waals surface area (Å²) in [6.45, 7) is 1.97. The van der Waals surface area contributed by atoms with Crippen molar-refractivity contribution < 1.29 is 13.7 Å². The van der Waals surface area contributed by atoms with E-state index in [4.69, 9.17) is 4.52 Å². The van der Waals surface area contributed by atoms with E-state index >= 15 is 0 Å². The van der Waals surface area contributed by atoms with Gasteiger partial charge in [-0.05, 0) is 19.1 Å². The van der Waals surface area contributed by atoms with Crippen LogP contribution in [0.3, 0.4) is 0 Å². The number of nitrogens with zero attached hydrogens (tertiary/aromatic N) is 2. The average molecular weight is 235 g/mol. The third-order valence-electron chi connectivity index (χ3n) is 2.05. The van der Waals surface area contributed by atoms with Gasteiger partial charge in [-0.15, -0.1) is 0 Å². The van der Waals surface area contributed by atoms with Crippen molar-refractivity contribution in [2.75, 3.05) is 0 Å². The van der Waals surface area contributed by atoms with Gasteiger partial charge in [0.25, 0.3) is 5.91 Å². The van der Waals surface area contributed by atoms with Crippen molar-refractivity contribution in [3.05, 3.63) is 47.4 Å². The molecule has 0 aliphatic heterocycles. The fourth-order valence-corrected chi connectivity index (χ4v) is 1.30. The van der Waals surface area contributed by atoms with E-state index in [1.54, 1.807) is 13.0 Å². The van der Waals surface area contributed by atoms with Gasteiger partial charge in [-0.1, -0.05) is 11.2 Å². The molecule has 2 aromatic heterocycles. The molecule has 2 aromatic rings. The van der Waals surface area contributed by atoms with Crippen molar-refractivity contribution in [3.63, 3.8) is 0 Å². The van der Waals surface area contributed by atoms with Gasteiger partial charge in [-0.3, -0.25) is 4.79 Å². The third-order valence-corrected chi connectivity index (χ3v) is 2.05. The summed E-state index contributed by atoms with van der Waals surface area (Å²) in [5, 5.41) is 6.28. The van der Waals surface area contributed by atoms with Gasteiger partial charge in [-0.25, -0.2) is 4.98 Å². The summed E-state index contributed by atoms with van der Waals surface area (Å²) in [6.07, 6.45) is 0. The van der Waals surface area contributed by atoms with Crippen molar-refractivity contribution in [2.24, 2.45) is 0 Å². The zero-order valence-electron chi connectivity index (χ0n) is 9.11. The Balaban J connectivity index is 1.98. The lowest BCUT2D eigenvalue weighted by molar-refractivity contribution is 0.0944. The van der Waals surface area contributed by atoms with Gasteiger partial charge in [0, 0.05) is 6.07 Å². The highest BCUT2D eigenvalue weighted by Crippen LogP contribution is 2.02. The maximum Gasteiger partial charge on any atom is 0.270 e. The summed E-state index contributed by atoms with van der Waals surface area (Å²) >= 11 is 0. The molecule has 2 heterocycles. The van der Waals surface area contributed by atoms with Crippen LogP contribution in [0.5, 0.6) is 0 Å². The molecule has 0 saturated heterocycles. The summed E-state index contributed by atoms with van der Waals surface area (Å²) in [4.78, 5) is 15.0. The molecule has 0 radical (unpaired) electrons. The molecule has 0 atom stereocenters. The highest BCUT2D eigenvalue weighted by molar-refractivity contribution is 5.92. The molecule has 1 N–H and O–H groups in total. The molecule has 1 amide bonds. The Bertz CT molecular complexity index is 539. The molecule has 0 unspecified atom stereocenters. The zero-order valence-corrected chi connectivity index (χ0v) is 9.11. The SMILES string of the molecule is Cc1cc(CNC(=O)c2cccc(F)n2)no1. The largest absolute Gasteiger partial charge is 0.361 e. The molecule has 6 heteroatoms. The van der Waals surface area contributed by atoms with Crippen LogP contribution in [0.2, 0.25) is 0 Å². The van der Waals surface area contributed by atoms with Crippen molar-refractivity contribution in [1.29, 1.82) is 0 Å². The number of carbonyl (C=O) groups is 1. The molecule has 88 valence electrons. The molecule has 0 bridgehead atoms. The number of hydrogen-bond donors (Lipinski definition) is 1. The normalized spacial score (nSPS) is 10.2. The number of carbonyl (C=O) groups excluding carboxylic acids is 1. The van der Waals surface area contributed by atoms with Gasteiger partial charge < -0.3 is 9.84 Å². The Labute approximate surface area is 96.6 Å². The zero-order chi connectivity index (χ0) is 12.3. The number of rotatable bonds is 3. The third kappa shape index (κ3) is 2.87. The number of nitrogens with one attached hydrogen (secondary N) is 1. The Kier molecular flexibility index (Phi) is 3.13. The van der Waals surface area contributed by atoms with E-state index in [0.717, 1.165) is 0 Å². The minimum atomic E-state index is -0.685. The summed E-state index contributed by atoms with van der Waals surface area (Å²) in [5.74, 6) is -0.474. The number of hydrogen-bond acceptors (Lipinski definition) is 4. The Morgan fingerprint density at radius 1 is 1.53 bits per heavy atom. The predicted molar refractivity (Wildman–Crippen MR) is 56.6 cm³/mol. The molecule has 5 nitrogen and oxygen atoms in total. The second-order valence-electron chi connectivity index (χ2n) is 3.46. The lowest BCUT2D eigenvalue weighted by Crippen LogP contribution is -2.24. The van der Waals surface area contributed by atoms with Gasteiger partial charge in [0.15, 0.2) is 0 Å². The van der Waals surface area contributed by atoms with E-state index < -0.39 is 11.9 Å². The van der Waals surface area contributed by atoms with Crippen LogP contribution >= 0.6 is 0 Å². The summed E-state index contributed by atoms with van der Waals surface area (Å²) in [5.41, 5.74) is 0.637. The van der Waals surface area contributed by atoms with Crippen molar-refractivity contribution in [1.82, 2.24) is 15.5 Å². The van der Waals surface area contributed by atoms with E-state index in [2.05, 4.69) is 15.5 Å². The van der Waals surface area contributed by atoms with Gasteiger partial charge in [0.05, 0.1) is 6.54 Å². The topological polar surface area (TPSA) is 68.0 Å². The van der Waals surface area contributed by atoms with E-state index in [0.29, 0.717) is 11.5 Å². The van der Waals surface area contributed by atoms with Gasteiger partial charge >= 0.3 is 0 Å². The summed E-state index contributed by atoms with van der Waals surface area (Å²) < 4.78 is 17.6. The fourth-order valence-electron chi connectivity index (χ4n) is 1.30. The first-order chi connectivity index (χ1) is 8.15. The van der Waals surface area contributed by atoms with Crippen LogP contribution in [0.1, 0.15) is 21.9 Å². The van der Waals surface area contributed by atoms with Crippen LogP contribution in [0.4, 0.5) is 4.39 Å². The number of aryl methyl sites for hydroxylation is 1. The standard InChI is InChI=1S/C11H10FN3O2/c1-7-5-8(15-17-7)6-13-11(16)9-3-2-4-10(12)14-9/h2-5H,6H2,1H3,(H,13,16). The Morgan fingerprint density at radius 3 is 3.00 bits per heavy atom. The van der Waals surface area contributed by atoms with E-state index in [1.807, 2.05) is 0 Å². The molecule has 0 saturated carbocycles. The first-order valence-electron chi connectivity index (χ1n) is 4.98. The van der Waals surface area contributed by atoms with Crippen LogP contribution in [0.15, 0.2) is 28.8 Å². The molecule has 0 fully saturated rings. The smallest absolute Gasteiger partial charge is 0.270 e. The second-order valence-corrected chi connectivity index (χ2v) is 3.46. The van der Waals surface area contributed by atoms with Crippen LogP contribution in [-0.4, -0.2) is 16.0 Å². The molecular formula is C11H10FN3O2. The fraction of sp³-hybridized carbons (Fsp3) is 0.182. The molecule has 0 spiro atoms. The lowest BCUT2D eigenvalue weighted by atomic mass is 10.3. The number of halogens is 1. The molecule has 0 aliphatic carbocycles. The van der Waals surface area contributed by atoms with Crippen LogP contribution < -0.4 is 5.32 Å². The molecule has 0 aromatic carbocycles. The van der Waals surface area contributed by atoms with Crippen molar-refractivity contribution in [3.8, 4) is 0 Å². The predicted octanol–water partition coefficient (Wildman–Crippen LogP) is 1.45. The van der Waals surface area contributed by atoms with Crippen molar-refractivity contribution in [2.45, 2.75) is 13.5 Å². The minimum Gasteiger partial charge on any atom is -0.361 e. The number of amides is 1. The van der Waals surface area contributed by atoms with Crippen LogP contribution in [-0.2, 0) is 6.54 Å². The highest BCUT2D eigenvalue weighted by atomic mass is 19.1. The molecule has 17 heavy (non-hydrogen) atoms. The Hall–Kier alpha value is -2.24. The quantitative estimate of drug-likeness (QED) is 0.817. The van der Waals surface area contributed by atoms with Gasteiger partial charge in [-0.2, -0.15) is 4.39 Å². The van der Waals surface area contributed by atoms with E-state index in [1.165, 1.54) is 18.2 Å². The number of pyridine rings is 1. The highest BCUT2D eigenvalue weighted by Gasteiger charge is 2.08. The second kappa shape index (κ2) is 4.73. The Morgan fingerprint density at radius 2 is 2.35 bits per heavy atom. The molecule has 2 rings (SSSR count). The van der Waals surface area contributed by atoms with Gasteiger partial charge in [0.1, 0.15) is 17.1 Å². The first-order valence-corrected chi connectivity index (χ1v) is 4.98. The summed E-state index contributed by atoms with van der Waals surface area (Å²) in [6, 6.07) is 5.75. The van der Waals surface area contributed by atoms with Crippen LogP contribution in [0.25, 0.3) is 0 Å². The molecular weight excluding hydrogens is 225 g/mol. The number of aromatic nitrogens is 2. The average Bonchev–Trinajstić information content (AvgIpc) is 2.72. The monoisotopic (exact) mass is 235 g/mol. The van der Waals surface area contributed by atoms with Gasteiger partial charge in [0.2, 0.25) is 5.95 Å². The van der Waals surface area contributed by atoms with E-state index in [-0.39, 0.29) is 12.2 Å².